The van der Waals surface area contributed by atoms with Crippen LogP contribution in [0.25, 0.3) is 0 Å². The molecule has 2 atom stereocenters. The van der Waals surface area contributed by atoms with Crippen LogP contribution in [0.3, 0.4) is 0 Å². The van der Waals surface area contributed by atoms with Crippen LogP contribution in [-0.2, 0) is 6.42 Å². The summed E-state index contributed by atoms with van der Waals surface area (Å²) >= 11 is 0. The molecule has 1 heteroatoms. The first-order valence-corrected chi connectivity index (χ1v) is 6.99. The van der Waals surface area contributed by atoms with Gasteiger partial charge < -0.3 is 5.32 Å². The van der Waals surface area contributed by atoms with E-state index in [-0.39, 0.29) is 0 Å². The number of rotatable bonds is 7. The monoisotopic (exact) mass is 233 g/mol. The summed E-state index contributed by atoms with van der Waals surface area (Å²) in [5.41, 5.74) is 2.97. The molecule has 0 heterocycles. The van der Waals surface area contributed by atoms with Gasteiger partial charge >= 0.3 is 0 Å². The third-order valence-corrected chi connectivity index (χ3v) is 3.32. The maximum absolute atomic E-state index is 3.49. The molecule has 1 nitrogen and oxygen atoms in total. The zero-order chi connectivity index (χ0) is 12.7. The van der Waals surface area contributed by atoms with Gasteiger partial charge in [0.15, 0.2) is 0 Å². The van der Waals surface area contributed by atoms with Crippen molar-refractivity contribution in [1.29, 1.82) is 0 Å². The van der Waals surface area contributed by atoms with Crippen molar-refractivity contribution in [2.45, 2.75) is 58.9 Å². The molecule has 0 saturated carbocycles. The van der Waals surface area contributed by atoms with Crippen LogP contribution in [0.5, 0.6) is 0 Å². The second-order valence-corrected chi connectivity index (χ2v) is 5.09. The van der Waals surface area contributed by atoms with Gasteiger partial charge in [-0.1, -0.05) is 51.5 Å². The topological polar surface area (TPSA) is 12.0 Å². The number of hydrogen-bond acceptors (Lipinski definition) is 1. The molecule has 0 aliphatic heterocycles. The minimum Gasteiger partial charge on any atom is -0.315 e. The molecule has 0 amide bonds. The van der Waals surface area contributed by atoms with Gasteiger partial charge in [-0.05, 0) is 43.4 Å². The highest BCUT2D eigenvalue weighted by atomic mass is 14.9. The van der Waals surface area contributed by atoms with Gasteiger partial charge in [0.25, 0.3) is 0 Å². The van der Waals surface area contributed by atoms with E-state index in [9.17, 15) is 0 Å². The molecule has 17 heavy (non-hydrogen) atoms. The third-order valence-electron chi connectivity index (χ3n) is 3.32. The highest BCUT2D eigenvalue weighted by Gasteiger charge is 2.10. The molecule has 0 aromatic heterocycles. The fourth-order valence-corrected chi connectivity index (χ4v) is 2.44. The fourth-order valence-electron chi connectivity index (χ4n) is 2.44. The van der Waals surface area contributed by atoms with Crippen molar-refractivity contribution in [2.75, 3.05) is 6.54 Å². The third kappa shape index (κ3) is 4.91. The normalized spacial score (nSPS) is 14.6. The summed E-state index contributed by atoms with van der Waals surface area (Å²) in [4.78, 5) is 0. The Balaban J connectivity index is 2.61. The molecule has 96 valence electrons. The van der Waals surface area contributed by atoms with E-state index < -0.39 is 0 Å². The molecule has 0 fully saturated rings. The lowest BCUT2D eigenvalue weighted by molar-refractivity contribution is 0.491. The van der Waals surface area contributed by atoms with E-state index in [0.29, 0.717) is 12.0 Å². The lowest BCUT2D eigenvalue weighted by atomic mass is 9.92. The van der Waals surface area contributed by atoms with Crippen LogP contribution in [0.15, 0.2) is 24.3 Å². The number of benzene rings is 1. The molecule has 1 aromatic carbocycles. The first-order valence-electron chi connectivity index (χ1n) is 6.99. The zero-order valence-corrected chi connectivity index (χ0v) is 11.8. The van der Waals surface area contributed by atoms with Crippen molar-refractivity contribution in [3.8, 4) is 0 Å². The predicted octanol–water partition coefficient (Wildman–Crippen LogP) is 4.13. The molecule has 1 rings (SSSR count). The fraction of sp³-hybridized carbons (Fsp3) is 0.625. The number of hydrogen-bond donors (Lipinski definition) is 1. The molecule has 0 bridgehead atoms. The summed E-state index contributed by atoms with van der Waals surface area (Å²) in [7, 11) is 0. The van der Waals surface area contributed by atoms with Gasteiger partial charge in [0.1, 0.15) is 0 Å². The van der Waals surface area contributed by atoms with E-state index in [0.717, 1.165) is 6.54 Å². The summed E-state index contributed by atoms with van der Waals surface area (Å²) in [6, 6.07) is 9.70. The van der Waals surface area contributed by atoms with E-state index in [4.69, 9.17) is 0 Å². The predicted molar refractivity (Wildman–Crippen MR) is 76.6 cm³/mol. The smallest absolute Gasteiger partial charge is 0.00443 e. The molecule has 0 aliphatic rings. The highest BCUT2D eigenvalue weighted by Crippen LogP contribution is 2.22. The summed E-state index contributed by atoms with van der Waals surface area (Å²) in [5.74, 6) is 0.640. The average molecular weight is 233 g/mol. The Morgan fingerprint density at radius 1 is 1.18 bits per heavy atom. The Hall–Kier alpha value is -0.820. The average Bonchev–Trinajstić information content (AvgIpc) is 2.30. The van der Waals surface area contributed by atoms with Gasteiger partial charge in [0, 0.05) is 6.04 Å². The van der Waals surface area contributed by atoms with Crippen LogP contribution >= 0.6 is 0 Å². The molecule has 1 aromatic rings. The van der Waals surface area contributed by atoms with Gasteiger partial charge in [-0.15, -0.1) is 0 Å². The first-order chi connectivity index (χ1) is 8.17. The summed E-state index contributed by atoms with van der Waals surface area (Å²) in [6.07, 6.45) is 3.64. The maximum atomic E-state index is 3.49. The molecule has 2 unspecified atom stereocenters. The number of nitrogens with one attached hydrogen (secondary N) is 1. The van der Waals surface area contributed by atoms with Crippen molar-refractivity contribution in [1.82, 2.24) is 5.32 Å². The van der Waals surface area contributed by atoms with Crippen LogP contribution in [-0.4, -0.2) is 12.6 Å². The minimum atomic E-state index is 0.602. The Morgan fingerprint density at radius 2 is 1.94 bits per heavy atom. The lowest BCUT2D eigenvalue weighted by Gasteiger charge is -2.18. The molecule has 0 aliphatic carbocycles. The van der Waals surface area contributed by atoms with Crippen molar-refractivity contribution >= 4 is 0 Å². The van der Waals surface area contributed by atoms with Crippen LogP contribution in [0.1, 0.15) is 57.6 Å². The standard InChI is InChI=1S/C16H27N/c1-5-8-15-9-7-10-16(12-15)13(3)11-14(4)17-6-2/h7,9-10,12-14,17H,5-6,8,11H2,1-4H3. The Morgan fingerprint density at radius 3 is 2.59 bits per heavy atom. The van der Waals surface area contributed by atoms with Crippen LogP contribution in [0, 0.1) is 0 Å². The van der Waals surface area contributed by atoms with Gasteiger partial charge in [-0.2, -0.15) is 0 Å². The Labute approximate surface area is 107 Å². The second-order valence-electron chi connectivity index (χ2n) is 5.09. The minimum absolute atomic E-state index is 0.602. The van der Waals surface area contributed by atoms with Crippen molar-refractivity contribution < 1.29 is 0 Å². The highest BCUT2D eigenvalue weighted by molar-refractivity contribution is 5.26. The molecule has 0 spiro atoms. The Kier molecular flexibility index (Phi) is 6.28. The SMILES string of the molecule is CCCc1cccc(C(C)CC(C)NCC)c1. The van der Waals surface area contributed by atoms with E-state index in [2.05, 4.69) is 57.3 Å². The molecular weight excluding hydrogens is 206 g/mol. The van der Waals surface area contributed by atoms with E-state index in [1.807, 2.05) is 0 Å². The quantitative estimate of drug-likeness (QED) is 0.746. The van der Waals surface area contributed by atoms with Crippen LogP contribution in [0.2, 0.25) is 0 Å². The van der Waals surface area contributed by atoms with Crippen LogP contribution in [0.4, 0.5) is 0 Å². The molecule has 1 N–H and O–H groups in total. The summed E-state index contributed by atoms with van der Waals surface area (Å²) in [6.45, 7) is 10.1. The largest absolute Gasteiger partial charge is 0.315 e. The molecule has 0 saturated heterocycles. The second kappa shape index (κ2) is 7.50. The van der Waals surface area contributed by atoms with Crippen molar-refractivity contribution in [3.05, 3.63) is 35.4 Å². The van der Waals surface area contributed by atoms with Crippen molar-refractivity contribution in [3.63, 3.8) is 0 Å². The van der Waals surface area contributed by atoms with Gasteiger partial charge in [-0.3, -0.25) is 0 Å². The van der Waals surface area contributed by atoms with E-state index in [1.54, 1.807) is 0 Å². The van der Waals surface area contributed by atoms with Gasteiger partial charge in [-0.25, -0.2) is 0 Å². The van der Waals surface area contributed by atoms with Gasteiger partial charge in [0.2, 0.25) is 0 Å². The summed E-state index contributed by atoms with van der Waals surface area (Å²) in [5, 5.41) is 3.49. The Bertz CT molecular complexity index is 319. The number of aryl methyl sites for hydroxylation is 1. The molecule has 0 radical (unpaired) electrons. The molecular formula is C16H27N. The maximum Gasteiger partial charge on any atom is 0.00443 e. The van der Waals surface area contributed by atoms with E-state index >= 15 is 0 Å². The van der Waals surface area contributed by atoms with Crippen molar-refractivity contribution in [2.24, 2.45) is 0 Å². The summed E-state index contributed by atoms with van der Waals surface area (Å²) < 4.78 is 0. The zero-order valence-electron chi connectivity index (χ0n) is 11.8. The van der Waals surface area contributed by atoms with E-state index in [1.165, 1.54) is 30.4 Å². The first kappa shape index (κ1) is 14.2. The lowest BCUT2D eigenvalue weighted by Crippen LogP contribution is -2.26. The van der Waals surface area contributed by atoms with Gasteiger partial charge in [0.05, 0.1) is 0 Å². The van der Waals surface area contributed by atoms with Crippen LogP contribution < -0.4 is 5.32 Å².